The van der Waals surface area contributed by atoms with Crippen molar-refractivity contribution in [2.75, 3.05) is 5.32 Å². The molecule has 2 N–H and O–H groups in total. The topological polar surface area (TPSA) is 57.8 Å². The highest BCUT2D eigenvalue weighted by Gasteiger charge is 2.12. The van der Waals surface area contributed by atoms with E-state index in [-0.39, 0.29) is 5.91 Å². The van der Waals surface area contributed by atoms with E-state index in [9.17, 15) is 4.79 Å². The number of nitrogens with zero attached hydrogens (tertiary/aromatic N) is 1. The molecule has 0 saturated heterocycles. The van der Waals surface area contributed by atoms with Gasteiger partial charge in [-0.25, -0.2) is 0 Å². The van der Waals surface area contributed by atoms with Crippen molar-refractivity contribution in [1.29, 1.82) is 0 Å². The number of aromatic nitrogens is 2. The molecule has 0 radical (unpaired) electrons. The minimum atomic E-state index is -0.299. The summed E-state index contributed by atoms with van der Waals surface area (Å²) in [5.74, 6) is -0.299. The van der Waals surface area contributed by atoms with E-state index in [1.807, 2.05) is 6.07 Å². The molecule has 1 aromatic carbocycles. The van der Waals surface area contributed by atoms with Crippen molar-refractivity contribution in [3.05, 3.63) is 58.3 Å². The highest BCUT2D eigenvalue weighted by atomic mass is 35.5. The number of aromatic amines is 1. The normalized spacial score (nSPS) is 10.7. The van der Waals surface area contributed by atoms with Gasteiger partial charge in [0.1, 0.15) is 5.69 Å². The van der Waals surface area contributed by atoms with Crippen molar-refractivity contribution in [2.24, 2.45) is 0 Å². The fourth-order valence-electron chi connectivity index (χ4n) is 1.86. The van der Waals surface area contributed by atoms with Gasteiger partial charge in [0.25, 0.3) is 5.91 Å². The molecule has 0 atom stereocenters. The summed E-state index contributed by atoms with van der Waals surface area (Å²) in [7, 11) is 0. The molecule has 6 heteroatoms. The Morgan fingerprint density at radius 3 is 2.85 bits per heavy atom. The van der Waals surface area contributed by atoms with Crippen LogP contribution < -0.4 is 5.32 Å². The molecule has 0 unspecified atom stereocenters. The Morgan fingerprint density at radius 1 is 1.20 bits per heavy atom. The summed E-state index contributed by atoms with van der Waals surface area (Å²) in [5.41, 5.74) is 2.41. The highest BCUT2D eigenvalue weighted by Crippen LogP contribution is 2.26. The van der Waals surface area contributed by atoms with Gasteiger partial charge in [0.05, 0.1) is 21.7 Å². The third kappa shape index (κ3) is 2.48. The second-order valence-corrected chi connectivity index (χ2v) is 5.04. The molecule has 0 fully saturated rings. The van der Waals surface area contributed by atoms with Gasteiger partial charge in [-0.1, -0.05) is 23.2 Å². The Balaban J connectivity index is 1.90. The third-order valence-electron chi connectivity index (χ3n) is 2.81. The number of amides is 1. The molecule has 2 aromatic heterocycles. The van der Waals surface area contributed by atoms with Crippen molar-refractivity contribution < 1.29 is 4.79 Å². The lowest BCUT2D eigenvalue weighted by Crippen LogP contribution is -2.12. The summed E-state index contributed by atoms with van der Waals surface area (Å²) in [6.07, 6.45) is 1.67. The van der Waals surface area contributed by atoms with Gasteiger partial charge in [0.15, 0.2) is 0 Å². The summed E-state index contributed by atoms with van der Waals surface area (Å²) >= 11 is 11.9. The maximum absolute atomic E-state index is 12.2. The first-order chi connectivity index (χ1) is 9.63. The minimum absolute atomic E-state index is 0.299. The number of rotatable bonds is 2. The van der Waals surface area contributed by atoms with Gasteiger partial charge >= 0.3 is 0 Å². The van der Waals surface area contributed by atoms with Gasteiger partial charge in [0, 0.05) is 11.2 Å². The van der Waals surface area contributed by atoms with Crippen LogP contribution in [0.25, 0.3) is 11.0 Å². The number of benzene rings is 1. The van der Waals surface area contributed by atoms with E-state index in [4.69, 9.17) is 23.2 Å². The van der Waals surface area contributed by atoms with Crippen LogP contribution >= 0.6 is 23.2 Å². The van der Waals surface area contributed by atoms with Crippen LogP contribution in [0.1, 0.15) is 10.5 Å². The molecule has 0 saturated carbocycles. The molecular formula is C14H9Cl2N3O. The van der Waals surface area contributed by atoms with Gasteiger partial charge in [-0.3, -0.25) is 9.78 Å². The van der Waals surface area contributed by atoms with E-state index in [2.05, 4.69) is 15.3 Å². The minimum Gasteiger partial charge on any atom is -0.349 e. The average molecular weight is 306 g/mol. The van der Waals surface area contributed by atoms with Crippen LogP contribution in [-0.4, -0.2) is 15.9 Å². The zero-order valence-electron chi connectivity index (χ0n) is 10.2. The molecule has 100 valence electrons. The fourth-order valence-corrected chi connectivity index (χ4v) is 2.20. The van der Waals surface area contributed by atoms with Crippen molar-refractivity contribution in [3.8, 4) is 0 Å². The van der Waals surface area contributed by atoms with Crippen molar-refractivity contribution >= 4 is 45.8 Å². The summed E-state index contributed by atoms with van der Waals surface area (Å²) in [5, 5.41) is 3.64. The Morgan fingerprint density at radius 2 is 2.05 bits per heavy atom. The maximum atomic E-state index is 12.2. The molecule has 4 nitrogen and oxygen atoms in total. The highest BCUT2D eigenvalue weighted by molar-refractivity contribution is 6.35. The quantitative estimate of drug-likeness (QED) is 0.748. The predicted octanol–water partition coefficient (Wildman–Crippen LogP) is 4.12. The first-order valence-electron chi connectivity index (χ1n) is 5.83. The zero-order valence-corrected chi connectivity index (χ0v) is 11.7. The van der Waals surface area contributed by atoms with E-state index in [1.54, 1.807) is 36.5 Å². The number of carbonyl (C=O) groups excluding carboxylic acids is 1. The Kier molecular flexibility index (Phi) is 3.34. The summed E-state index contributed by atoms with van der Waals surface area (Å²) < 4.78 is 0. The van der Waals surface area contributed by atoms with E-state index in [0.717, 1.165) is 11.0 Å². The van der Waals surface area contributed by atoms with Crippen molar-refractivity contribution in [2.45, 2.75) is 0 Å². The van der Waals surface area contributed by atoms with Crippen LogP contribution in [0.2, 0.25) is 10.0 Å². The smallest absolute Gasteiger partial charge is 0.272 e. The van der Waals surface area contributed by atoms with Crippen LogP contribution in [0.4, 0.5) is 5.69 Å². The van der Waals surface area contributed by atoms with Crippen molar-refractivity contribution in [1.82, 2.24) is 9.97 Å². The Labute approximate surface area is 124 Å². The summed E-state index contributed by atoms with van der Waals surface area (Å²) in [6.45, 7) is 0. The molecule has 0 bridgehead atoms. The monoisotopic (exact) mass is 305 g/mol. The lowest BCUT2D eigenvalue weighted by molar-refractivity contribution is 0.102. The van der Waals surface area contributed by atoms with Crippen LogP contribution in [0.15, 0.2) is 42.6 Å². The number of carbonyl (C=O) groups is 1. The molecular weight excluding hydrogens is 297 g/mol. The lowest BCUT2D eigenvalue weighted by Gasteiger charge is -2.06. The fraction of sp³-hybridized carbons (Fsp3) is 0. The lowest BCUT2D eigenvalue weighted by atomic mass is 10.3. The summed E-state index contributed by atoms with van der Waals surface area (Å²) in [4.78, 5) is 19.3. The van der Waals surface area contributed by atoms with Crippen LogP contribution in [-0.2, 0) is 0 Å². The maximum Gasteiger partial charge on any atom is 0.272 e. The second-order valence-electron chi connectivity index (χ2n) is 4.20. The Bertz CT molecular complexity index is 765. The molecule has 1 amide bonds. The van der Waals surface area contributed by atoms with E-state index in [0.29, 0.717) is 21.4 Å². The van der Waals surface area contributed by atoms with Crippen molar-refractivity contribution in [3.63, 3.8) is 0 Å². The first kappa shape index (κ1) is 13.0. The van der Waals surface area contributed by atoms with Crippen LogP contribution in [0, 0.1) is 0 Å². The number of nitrogens with one attached hydrogen (secondary N) is 2. The van der Waals surface area contributed by atoms with E-state index in [1.165, 1.54) is 0 Å². The summed E-state index contributed by atoms with van der Waals surface area (Å²) in [6, 6.07) is 10.2. The van der Waals surface area contributed by atoms with Gasteiger partial charge < -0.3 is 10.3 Å². The number of hydrogen-bond donors (Lipinski definition) is 2. The molecule has 0 aliphatic rings. The average Bonchev–Trinajstić information content (AvgIpc) is 2.87. The number of H-pyrrole nitrogens is 1. The molecule has 2 heterocycles. The largest absolute Gasteiger partial charge is 0.349 e. The molecule has 3 aromatic rings. The zero-order chi connectivity index (χ0) is 14.1. The van der Waals surface area contributed by atoms with E-state index < -0.39 is 0 Å². The standard InChI is InChI=1S/C14H9Cl2N3O/c15-8-3-4-9(16)11(6-8)19-14(20)13-7-12-10(18-13)2-1-5-17-12/h1-7,18H,(H,19,20). The van der Waals surface area contributed by atoms with Gasteiger partial charge in [-0.15, -0.1) is 0 Å². The van der Waals surface area contributed by atoms with Gasteiger partial charge in [-0.05, 0) is 36.4 Å². The van der Waals surface area contributed by atoms with Gasteiger partial charge in [0.2, 0.25) is 0 Å². The molecule has 20 heavy (non-hydrogen) atoms. The molecule has 0 spiro atoms. The second kappa shape index (κ2) is 5.15. The van der Waals surface area contributed by atoms with E-state index >= 15 is 0 Å². The SMILES string of the molecule is O=C(Nc1cc(Cl)ccc1Cl)c1cc2ncccc2[nH]1. The van der Waals surface area contributed by atoms with Gasteiger partial charge in [-0.2, -0.15) is 0 Å². The molecule has 3 rings (SSSR count). The molecule has 0 aliphatic heterocycles. The number of fused-ring (bicyclic) bond motifs is 1. The number of hydrogen-bond acceptors (Lipinski definition) is 2. The number of pyridine rings is 1. The molecule has 0 aliphatic carbocycles. The predicted molar refractivity (Wildman–Crippen MR) is 80.5 cm³/mol. The third-order valence-corrected chi connectivity index (χ3v) is 3.37. The number of anilines is 1. The van der Waals surface area contributed by atoms with Crippen LogP contribution in [0.5, 0.6) is 0 Å². The Hall–Kier alpha value is -2.04. The first-order valence-corrected chi connectivity index (χ1v) is 6.59. The van der Waals surface area contributed by atoms with Crippen LogP contribution in [0.3, 0.4) is 0 Å². The number of halogens is 2.